The second-order valence-electron chi connectivity index (χ2n) is 3.98. The van der Waals surface area contributed by atoms with Crippen LogP contribution < -0.4 is 5.32 Å². The molecule has 3 nitrogen and oxygen atoms in total. The Hall–Kier alpha value is -1.23. The number of hydrogen-bond donors (Lipinski definition) is 1. The lowest BCUT2D eigenvalue weighted by atomic mass is 10.1. The van der Waals surface area contributed by atoms with E-state index < -0.39 is 0 Å². The van der Waals surface area contributed by atoms with E-state index in [0.29, 0.717) is 12.2 Å². The van der Waals surface area contributed by atoms with Crippen molar-refractivity contribution < 1.29 is 8.78 Å². The number of nitrogens with one attached hydrogen (secondary N) is 1. The van der Waals surface area contributed by atoms with Crippen LogP contribution in [0.1, 0.15) is 6.42 Å². The number of hydrogen-bond acceptors (Lipinski definition) is 3. The lowest BCUT2D eigenvalue weighted by Crippen LogP contribution is -2.55. The Labute approximate surface area is 93.5 Å². The van der Waals surface area contributed by atoms with E-state index in [1.807, 2.05) is 0 Å². The molecular formula is C11H15F2N3. The molecule has 1 saturated heterocycles. The van der Waals surface area contributed by atoms with Gasteiger partial charge >= 0.3 is 0 Å². The van der Waals surface area contributed by atoms with E-state index in [9.17, 15) is 8.78 Å². The predicted molar refractivity (Wildman–Crippen MR) is 58.6 cm³/mol. The fourth-order valence-electron chi connectivity index (χ4n) is 1.81. The summed E-state index contributed by atoms with van der Waals surface area (Å²) in [6.07, 6.45) is 2.13. The first kappa shape index (κ1) is 11.3. The van der Waals surface area contributed by atoms with Crippen molar-refractivity contribution >= 4 is 5.82 Å². The summed E-state index contributed by atoms with van der Waals surface area (Å²) in [6.45, 7) is 2.16. The molecule has 1 aliphatic heterocycles. The molecule has 1 aromatic heterocycles. The summed E-state index contributed by atoms with van der Waals surface area (Å²) >= 11 is 0. The van der Waals surface area contributed by atoms with Crippen molar-refractivity contribution in [3.8, 4) is 0 Å². The molecule has 1 aliphatic rings. The number of anilines is 1. The van der Waals surface area contributed by atoms with Crippen LogP contribution in [-0.4, -0.2) is 42.2 Å². The van der Waals surface area contributed by atoms with Crippen LogP contribution in [0.15, 0.2) is 18.3 Å². The van der Waals surface area contributed by atoms with Crippen LogP contribution in [0.3, 0.4) is 0 Å². The largest absolute Gasteiger partial charge is 0.362 e. The number of nitrogens with zero attached hydrogens (tertiary/aromatic N) is 2. The summed E-state index contributed by atoms with van der Waals surface area (Å²) in [4.78, 5) is 6.06. The van der Waals surface area contributed by atoms with Crippen LogP contribution in [0.25, 0.3) is 0 Å². The Morgan fingerprint density at radius 3 is 3.00 bits per heavy atom. The molecule has 0 aromatic carbocycles. The normalized spacial score (nSPS) is 17.1. The maximum Gasteiger partial charge on any atom is 0.165 e. The van der Waals surface area contributed by atoms with E-state index in [2.05, 4.69) is 15.2 Å². The zero-order valence-corrected chi connectivity index (χ0v) is 9.00. The Kier molecular flexibility index (Phi) is 3.66. The highest BCUT2D eigenvalue weighted by molar-refractivity contribution is 5.37. The van der Waals surface area contributed by atoms with Crippen LogP contribution in [0.2, 0.25) is 0 Å². The molecule has 1 aromatic rings. The topological polar surface area (TPSA) is 28.2 Å². The lowest BCUT2D eigenvalue weighted by Gasteiger charge is -2.39. The summed E-state index contributed by atoms with van der Waals surface area (Å²) in [6, 6.07) is 3.17. The molecule has 88 valence electrons. The molecule has 0 amide bonds. The van der Waals surface area contributed by atoms with Crippen molar-refractivity contribution in [3.63, 3.8) is 0 Å². The van der Waals surface area contributed by atoms with Crippen LogP contribution in [0.4, 0.5) is 14.6 Å². The van der Waals surface area contributed by atoms with Crippen LogP contribution >= 0.6 is 0 Å². The van der Waals surface area contributed by atoms with E-state index in [-0.39, 0.29) is 18.5 Å². The van der Waals surface area contributed by atoms with Gasteiger partial charge in [0.15, 0.2) is 11.6 Å². The van der Waals surface area contributed by atoms with E-state index in [4.69, 9.17) is 0 Å². The molecule has 0 saturated carbocycles. The van der Waals surface area contributed by atoms with Crippen molar-refractivity contribution in [1.82, 2.24) is 9.88 Å². The van der Waals surface area contributed by atoms with E-state index in [1.165, 1.54) is 6.07 Å². The lowest BCUT2D eigenvalue weighted by molar-refractivity contribution is 0.155. The fourth-order valence-corrected chi connectivity index (χ4v) is 1.81. The average Bonchev–Trinajstić information content (AvgIpc) is 2.24. The minimum absolute atomic E-state index is 0.226. The molecule has 5 heteroatoms. The zero-order valence-electron chi connectivity index (χ0n) is 9.00. The van der Waals surface area contributed by atoms with Crippen molar-refractivity contribution in [1.29, 1.82) is 0 Å². The molecule has 1 fully saturated rings. The third-order valence-corrected chi connectivity index (χ3v) is 2.66. The monoisotopic (exact) mass is 227 g/mol. The Morgan fingerprint density at radius 1 is 1.50 bits per heavy atom. The van der Waals surface area contributed by atoms with Gasteiger partial charge in [-0.2, -0.15) is 0 Å². The van der Waals surface area contributed by atoms with Crippen molar-refractivity contribution in [2.24, 2.45) is 0 Å². The van der Waals surface area contributed by atoms with Crippen LogP contribution in [0, 0.1) is 5.82 Å². The molecule has 0 atom stereocenters. The standard InChI is InChI=1S/C11H15F2N3/c12-4-2-6-16-7-9(8-16)15-11-10(13)3-1-5-14-11/h1,3,5,9H,2,4,6-8H2,(H,14,15). The Morgan fingerprint density at radius 2 is 2.31 bits per heavy atom. The maximum atomic E-state index is 13.2. The SMILES string of the molecule is FCCCN1CC(Nc2ncccc2F)C1. The van der Waals surface area contributed by atoms with Gasteiger partial charge in [-0.1, -0.05) is 0 Å². The molecule has 0 bridgehead atoms. The first-order valence-electron chi connectivity index (χ1n) is 5.45. The minimum Gasteiger partial charge on any atom is -0.362 e. The highest BCUT2D eigenvalue weighted by Crippen LogP contribution is 2.16. The van der Waals surface area contributed by atoms with Gasteiger partial charge in [0, 0.05) is 25.8 Å². The predicted octanol–water partition coefficient (Wildman–Crippen LogP) is 1.68. The molecule has 16 heavy (non-hydrogen) atoms. The van der Waals surface area contributed by atoms with Crippen LogP contribution in [0.5, 0.6) is 0 Å². The first-order valence-corrected chi connectivity index (χ1v) is 5.45. The molecule has 0 spiro atoms. The van der Waals surface area contributed by atoms with Crippen LogP contribution in [-0.2, 0) is 0 Å². The summed E-state index contributed by atoms with van der Waals surface area (Å²) in [5, 5.41) is 3.03. The van der Waals surface area contributed by atoms with E-state index in [0.717, 1.165) is 19.6 Å². The van der Waals surface area contributed by atoms with Gasteiger partial charge in [0.05, 0.1) is 12.7 Å². The molecule has 1 N–H and O–H groups in total. The van der Waals surface area contributed by atoms with E-state index in [1.54, 1.807) is 12.3 Å². The van der Waals surface area contributed by atoms with Gasteiger partial charge in [0.25, 0.3) is 0 Å². The molecule has 2 heterocycles. The summed E-state index contributed by atoms with van der Waals surface area (Å²) in [5.74, 6) is -0.0256. The second-order valence-corrected chi connectivity index (χ2v) is 3.98. The van der Waals surface area contributed by atoms with Gasteiger partial charge in [-0.3, -0.25) is 9.29 Å². The fraction of sp³-hybridized carbons (Fsp3) is 0.545. The third kappa shape index (κ3) is 2.66. The highest BCUT2D eigenvalue weighted by atomic mass is 19.1. The second kappa shape index (κ2) is 5.21. The smallest absolute Gasteiger partial charge is 0.165 e. The molecule has 2 rings (SSSR count). The van der Waals surface area contributed by atoms with Gasteiger partial charge in [-0.05, 0) is 18.6 Å². The van der Waals surface area contributed by atoms with Crippen molar-refractivity contribution in [2.75, 3.05) is 31.6 Å². The number of likely N-dealkylation sites (tertiary alicyclic amines) is 1. The van der Waals surface area contributed by atoms with E-state index >= 15 is 0 Å². The number of pyridine rings is 1. The molecular weight excluding hydrogens is 212 g/mol. The van der Waals surface area contributed by atoms with Gasteiger partial charge in [0.2, 0.25) is 0 Å². The third-order valence-electron chi connectivity index (χ3n) is 2.66. The number of aromatic nitrogens is 1. The Bertz CT molecular complexity index is 340. The molecule has 0 aliphatic carbocycles. The van der Waals surface area contributed by atoms with Gasteiger partial charge < -0.3 is 5.32 Å². The number of rotatable bonds is 5. The van der Waals surface area contributed by atoms with Gasteiger partial charge in [-0.15, -0.1) is 0 Å². The highest BCUT2D eigenvalue weighted by Gasteiger charge is 2.26. The number of alkyl halides is 1. The Balaban J connectivity index is 1.75. The summed E-state index contributed by atoms with van der Waals surface area (Å²) in [7, 11) is 0. The summed E-state index contributed by atoms with van der Waals surface area (Å²) in [5.41, 5.74) is 0. The minimum atomic E-state index is -0.329. The van der Waals surface area contributed by atoms with Gasteiger partial charge in [-0.25, -0.2) is 9.37 Å². The molecule has 0 unspecified atom stereocenters. The maximum absolute atomic E-state index is 13.2. The summed E-state index contributed by atoms with van der Waals surface area (Å²) < 4.78 is 25.1. The number of halogens is 2. The van der Waals surface area contributed by atoms with Gasteiger partial charge in [0.1, 0.15) is 0 Å². The van der Waals surface area contributed by atoms with Crippen molar-refractivity contribution in [2.45, 2.75) is 12.5 Å². The quantitative estimate of drug-likeness (QED) is 0.829. The average molecular weight is 227 g/mol. The zero-order chi connectivity index (χ0) is 11.4. The van der Waals surface area contributed by atoms with Crippen molar-refractivity contribution in [3.05, 3.63) is 24.1 Å². The first-order chi connectivity index (χ1) is 7.79. The molecule has 0 radical (unpaired) electrons.